The van der Waals surface area contributed by atoms with Gasteiger partial charge in [-0.25, -0.2) is 14.8 Å². The quantitative estimate of drug-likeness (QED) is 0.478. The second-order valence-corrected chi connectivity index (χ2v) is 8.36. The zero-order valence-electron chi connectivity index (χ0n) is 15.7. The zero-order chi connectivity index (χ0) is 21.4. The molecule has 0 saturated heterocycles. The van der Waals surface area contributed by atoms with Crippen molar-refractivity contribution in [3.8, 4) is 11.3 Å². The van der Waals surface area contributed by atoms with E-state index in [1.54, 1.807) is 18.2 Å². The van der Waals surface area contributed by atoms with E-state index in [1.165, 1.54) is 7.11 Å². The Kier molecular flexibility index (Phi) is 5.97. The Bertz CT molecular complexity index is 1140. The number of aliphatic hydroxyl groups excluding tert-OH is 1. The predicted octanol–water partition coefficient (Wildman–Crippen LogP) is 5.07. The van der Waals surface area contributed by atoms with Crippen molar-refractivity contribution in [3.05, 3.63) is 73.9 Å². The predicted molar refractivity (Wildman–Crippen MR) is 119 cm³/mol. The number of halogens is 3. The van der Waals surface area contributed by atoms with Crippen molar-refractivity contribution in [2.24, 2.45) is 0 Å². The van der Waals surface area contributed by atoms with Crippen LogP contribution in [0.5, 0.6) is 0 Å². The summed E-state index contributed by atoms with van der Waals surface area (Å²) in [6, 6.07) is 12.3. The van der Waals surface area contributed by atoms with Gasteiger partial charge in [-0.2, -0.15) is 0 Å². The standard InChI is InChI=1S/C21H16BrCl2N3O3/c1-30-21(29)18-17(13-7-6-11(23)9-14(13)24)25-19(22)20(27-18)26-16-12-5-3-2-4-10(12)8-15(16)28/h2-7,9,15-16,28H,8H2,1H3,(H,26,27)/t15-,16+/m0/s1. The number of hydrogen-bond donors (Lipinski definition) is 2. The van der Waals surface area contributed by atoms with E-state index in [2.05, 4.69) is 31.2 Å². The Morgan fingerprint density at radius 3 is 2.73 bits per heavy atom. The average Bonchev–Trinajstić information content (AvgIpc) is 3.04. The number of aromatic nitrogens is 2. The van der Waals surface area contributed by atoms with Crippen LogP contribution in [0.15, 0.2) is 47.1 Å². The van der Waals surface area contributed by atoms with Gasteiger partial charge < -0.3 is 15.2 Å². The molecule has 2 aromatic carbocycles. The number of nitrogens with zero attached hydrogens (tertiary/aromatic N) is 2. The highest BCUT2D eigenvalue weighted by atomic mass is 79.9. The van der Waals surface area contributed by atoms with Crippen LogP contribution < -0.4 is 5.32 Å². The second kappa shape index (κ2) is 8.51. The van der Waals surface area contributed by atoms with Crippen molar-refractivity contribution < 1.29 is 14.6 Å². The number of carbonyl (C=O) groups is 1. The summed E-state index contributed by atoms with van der Waals surface area (Å²) in [6.45, 7) is 0. The summed E-state index contributed by atoms with van der Waals surface area (Å²) in [7, 11) is 1.27. The van der Waals surface area contributed by atoms with Gasteiger partial charge in [0.1, 0.15) is 10.3 Å². The van der Waals surface area contributed by atoms with Gasteiger partial charge in [-0.1, -0.05) is 47.5 Å². The third kappa shape index (κ3) is 3.90. The SMILES string of the molecule is COC(=O)c1nc(N[C@@H]2c3ccccc3C[C@@H]2O)c(Br)nc1-c1ccc(Cl)cc1Cl. The fraction of sp³-hybridized carbons (Fsp3) is 0.190. The van der Waals surface area contributed by atoms with E-state index in [1.807, 2.05) is 24.3 Å². The van der Waals surface area contributed by atoms with Crippen molar-refractivity contribution in [2.75, 3.05) is 12.4 Å². The summed E-state index contributed by atoms with van der Waals surface area (Å²) in [5, 5.41) is 14.5. The van der Waals surface area contributed by atoms with Crippen LogP contribution in [-0.4, -0.2) is 34.3 Å². The van der Waals surface area contributed by atoms with E-state index in [9.17, 15) is 9.90 Å². The van der Waals surface area contributed by atoms with E-state index in [0.29, 0.717) is 32.5 Å². The van der Waals surface area contributed by atoms with Crippen LogP contribution in [0.4, 0.5) is 5.82 Å². The van der Waals surface area contributed by atoms with Crippen molar-refractivity contribution in [1.82, 2.24) is 9.97 Å². The number of carbonyl (C=O) groups excluding carboxylic acids is 1. The van der Waals surface area contributed by atoms with Crippen LogP contribution >= 0.6 is 39.1 Å². The van der Waals surface area contributed by atoms with Crippen LogP contribution in [0.2, 0.25) is 10.0 Å². The molecule has 1 aromatic heterocycles. The highest BCUT2D eigenvalue weighted by Gasteiger charge is 2.32. The van der Waals surface area contributed by atoms with E-state index < -0.39 is 12.1 Å². The average molecular weight is 509 g/mol. The minimum Gasteiger partial charge on any atom is -0.464 e. The Labute approximate surface area is 191 Å². The Morgan fingerprint density at radius 2 is 2.00 bits per heavy atom. The summed E-state index contributed by atoms with van der Waals surface area (Å²) in [4.78, 5) is 21.4. The molecule has 9 heteroatoms. The van der Waals surface area contributed by atoms with E-state index >= 15 is 0 Å². The largest absolute Gasteiger partial charge is 0.464 e. The van der Waals surface area contributed by atoms with Gasteiger partial charge in [0.25, 0.3) is 0 Å². The molecule has 0 spiro atoms. The Balaban J connectivity index is 1.78. The van der Waals surface area contributed by atoms with Gasteiger partial charge in [0.15, 0.2) is 11.5 Å². The molecule has 0 saturated carbocycles. The van der Waals surface area contributed by atoms with Gasteiger partial charge in [0, 0.05) is 17.0 Å². The molecular formula is C21H16BrCl2N3O3. The van der Waals surface area contributed by atoms with E-state index in [4.69, 9.17) is 27.9 Å². The lowest BCUT2D eigenvalue weighted by atomic mass is 10.1. The maximum Gasteiger partial charge on any atom is 0.359 e. The van der Waals surface area contributed by atoms with Crippen LogP contribution in [0.1, 0.15) is 27.7 Å². The lowest BCUT2D eigenvalue weighted by Gasteiger charge is -2.20. The highest BCUT2D eigenvalue weighted by Crippen LogP contribution is 2.37. The van der Waals surface area contributed by atoms with Crippen LogP contribution in [-0.2, 0) is 11.2 Å². The fourth-order valence-corrected chi connectivity index (χ4v) is 4.39. The van der Waals surface area contributed by atoms with Gasteiger partial charge in [-0.3, -0.25) is 0 Å². The number of nitrogens with one attached hydrogen (secondary N) is 1. The highest BCUT2D eigenvalue weighted by molar-refractivity contribution is 9.10. The number of fused-ring (bicyclic) bond motifs is 1. The van der Waals surface area contributed by atoms with Gasteiger partial charge in [0.2, 0.25) is 0 Å². The van der Waals surface area contributed by atoms with Gasteiger partial charge >= 0.3 is 5.97 Å². The maximum atomic E-state index is 12.5. The molecule has 2 N–H and O–H groups in total. The van der Waals surface area contributed by atoms with Gasteiger partial charge in [-0.15, -0.1) is 0 Å². The summed E-state index contributed by atoms with van der Waals surface area (Å²) < 4.78 is 5.27. The van der Waals surface area contributed by atoms with Crippen LogP contribution in [0.3, 0.4) is 0 Å². The molecule has 6 nitrogen and oxygen atoms in total. The normalized spacial score (nSPS) is 17.5. The third-order valence-corrected chi connectivity index (χ3v) is 6.02. The minimum atomic E-state index is -0.661. The number of benzene rings is 2. The third-order valence-electron chi connectivity index (χ3n) is 4.91. The molecule has 3 aromatic rings. The number of rotatable bonds is 4. The molecule has 0 bridgehead atoms. The molecule has 30 heavy (non-hydrogen) atoms. The lowest BCUT2D eigenvalue weighted by Crippen LogP contribution is -2.23. The molecule has 1 aliphatic rings. The molecule has 0 fully saturated rings. The first-order valence-electron chi connectivity index (χ1n) is 9.02. The van der Waals surface area contributed by atoms with Crippen LogP contribution in [0, 0.1) is 0 Å². The lowest BCUT2D eigenvalue weighted by molar-refractivity contribution is 0.0594. The zero-order valence-corrected chi connectivity index (χ0v) is 18.8. The molecule has 0 unspecified atom stereocenters. The maximum absolute atomic E-state index is 12.5. The topological polar surface area (TPSA) is 84.3 Å². The summed E-state index contributed by atoms with van der Waals surface area (Å²) >= 11 is 15.7. The molecular weight excluding hydrogens is 493 g/mol. The number of esters is 1. The molecule has 0 amide bonds. The number of anilines is 1. The van der Waals surface area contributed by atoms with Crippen molar-refractivity contribution in [1.29, 1.82) is 0 Å². The Hall–Kier alpha value is -2.19. The molecule has 1 aliphatic carbocycles. The van der Waals surface area contributed by atoms with Gasteiger partial charge in [0.05, 0.1) is 24.3 Å². The molecule has 4 rings (SSSR count). The van der Waals surface area contributed by atoms with Crippen molar-refractivity contribution in [2.45, 2.75) is 18.6 Å². The smallest absolute Gasteiger partial charge is 0.359 e. The molecule has 1 heterocycles. The first-order valence-corrected chi connectivity index (χ1v) is 10.6. The fourth-order valence-electron chi connectivity index (χ4n) is 3.51. The van der Waals surface area contributed by atoms with Crippen LogP contribution in [0.25, 0.3) is 11.3 Å². The summed E-state index contributed by atoms with van der Waals surface area (Å²) in [5.74, 6) is -0.351. The molecule has 2 atom stereocenters. The van der Waals surface area contributed by atoms with E-state index in [-0.39, 0.29) is 17.4 Å². The first kappa shape index (κ1) is 21.1. The molecule has 0 aliphatic heterocycles. The second-order valence-electron chi connectivity index (χ2n) is 6.77. The number of hydrogen-bond acceptors (Lipinski definition) is 6. The number of aliphatic hydroxyl groups is 1. The van der Waals surface area contributed by atoms with Gasteiger partial charge in [-0.05, 0) is 45.3 Å². The summed E-state index contributed by atoms with van der Waals surface area (Å²) in [5.41, 5.74) is 2.78. The summed E-state index contributed by atoms with van der Waals surface area (Å²) in [6.07, 6.45) is -0.107. The molecule has 0 radical (unpaired) electrons. The number of methoxy groups -OCH3 is 1. The van der Waals surface area contributed by atoms with Crippen molar-refractivity contribution in [3.63, 3.8) is 0 Å². The molecule has 154 valence electrons. The monoisotopic (exact) mass is 507 g/mol. The van der Waals surface area contributed by atoms with Crippen molar-refractivity contribution >= 4 is 50.9 Å². The van der Waals surface area contributed by atoms with E-state index in [0.717, 1.165) is 11.1 Å². The number of ether oxygens (including phenoxy) is 1. The Morgan fingerprint density at radius 1 is 1.23 bits per heavy atom. The first-order chi connectivity index (χ1) is 14.4. The minimum absolute atomic E-state index is 0.00630.